The number of imidazole rings is 1. The lowest BCUT2D eigenvalue weighted by Gasteiger charge is -2.63. The zero-order valence-corrected chi connectivity index (χ0v) is 76.9. The number of aromatic nitrogens is 3. The summed E-state index contributed by atoms with van der Waals surface area (Å²) in [7, 11) is 0. The topological polar surface area (TPSA) is 625 Å². The van der Waals surface area contributed by atoms with E-state index < -0.39 is 162 Å². The number of ketones is 1. The number of H-pyrrole nitrogens is 2. The van der Waals surface area contributed by atoms with Crippen molar-refractivity contribution in [1.29, 1.82) is 0 Å². The van der Waals surface area contributed by atoms with Crippen LogP contribution in [0.3, 0.4) is 0 Å². The van der Waals surface area contributed by atoms with Gasteiger partial charge in [0.2, 0.25) is 70.9 Å². The molecular weight excluding hydrogens is 1710 g/mol. The molecule has 2 aromatic heterocycles. The van der Waals surface area contributed by atoms with Crippen molar-refractivity contribution in [3.8, 4) is 0 Å². The zero-order chi connectivity index (χ0) is 95.4. The lowest BCUT2D eigenvalue weighted by atomic mass is 9.43. The normalized spacial score (nSPS) is 24.2. The second-order valence-electron chi connectivity index (χ2n) is 37.1. The van der Waals surface area contributed by atoms with Crippen molar-refractivity contribution in [2.45, 2.75) is 225 Å². The fourth-order valence-corrected chi connectivity index (χ4v) is 20.3. The van der Waals surface area contributed by atoms with E-state index in [0.29, 0.717) is 112 Å². The van der Waals surface area contributed by atoms with Gasteiger partial charge in [0.1, 0.15) is 48.1 Å². The van der Waals surface area contributed by atoms with Gasteiger partial charge < -0.3 is 105 Å². The summed E-state index contributed by atoms with van der Waals surface area (Å²) in [4.78, 5) is 229. The molecule has 41 nitrogen and oxygen atoms in total. The van der Waals surface area contributed by atoms with Crippen molar-refractivity contribution >= 4 is 117 Å². The van der Waals surface area contributed by atoms with Gasteiger partial charge in [-0.1, -0.05) is 66.7 Å². The Morgan fingerprint density at radius 1 is 0.585 bits per heavy atom. The number of aliphatic hydroxyl groups excluding tert-OH is 2. The van der Waals surface area contributed by atoms with Crippen LogP contribution in [-0.4, -0.2) is 320 Å². The highest BCUT2D eigenvalue weighted by Crippen LogP contribution is 2.68. The predicted molar refractivity (Wildman–Crippen MR) is 479 cm³/mol. The first-order chi connectivity index (χ1) is 61.6. The summed E-state index contributed by atoms with van der Waals surface area (Å²) < 4.78 is 0. The molecule has 23 N–H and O–H groups in total. The summed E-state index contributed by atoms with van der Waals surface area (Å²) in [5.41, 5.74) is 12.0. The maximum absolute atomic E-state index is 14.6. The Balaban J connectivity index is 0.830. The minimum absolute atomic E-state index is 0.00597. The molecule has 8 rings (SSSR count). The fourth-order valence-electron chi connectivity index (χ4n) is 19.9. The minimum Gasteiger partial charge on any atom is -0.480 e. The smallest absolute Gasteiger partial charge is 0.326 e. The minimum atomic E-state index is -1.74. The molecule has 4 aliphatic carbocycles. The molecule has 1 saturated heterocycles. The van der Waals surface area contributed by atoms with Crippen molar-refractivity contribution in [2.75, 3.05) is 104 Å². The van der Waals surface area contributed by atoms with Gasteiger partial charge in [-0.25, -0.2) is 9.78 Å². The third-order valence-corrected chi connectivity index (χ3v) is 27.6. The molecule has 12 amide bonds. The first-order valence-electron chi connectivity index (χ1n) is 45.3. The lowest BCUT2D eigenvalue weighted by Crippen LogP contribution is -2.63. The number of hydrogen-bond donors (Lipinski definition) is 21. The Morgan fingerprint density at radius 3 is 1.82 bits per heavy atom. The van der Waals surface area contributed by atoms with Gasteiger partial charge in [-0.05, 0) is 159 Å². The number of carboxylic acid groups (broad SMARTS) is 3. The van der Waals surface area contributed by atoms with Crippen LogP contribution < -0.4 is 75.3 Å². The number of carbonyl (C=O) groups is 16. The monoisotopic (exact) mass is 1840 g/mol. The predicted octanol–water partition coefficient (Wildman–Crippen LogP) is -2.29. The number of nitrogens with one attached hydrogen (secondary N) is 14. The Hall–Kier alpha value is -10.2. The van der Waals surface area contributed by atoms with Crippen molar-refractivity contribution in [3.05, 3.63) is 54.2 Å². The molecular formula is C88H138N20O21S. The number of aliphatic carboxylic acids is 3. The summed E-state index contributed by atoms with van der Waals surface area (Å²) >= 11 is 1.38. The molecule has 0 spiro atoms. The second-order valence-corrected chi connectivity index (χ2v) is 38.1. The van der Waals surface area contributed by atoms with Gasteiger partial charge in [-0.2, -0.15) is 11.8 Å². The number of nitrogens with zero attached hydrogens (tertiary/aromatic N) is 4. The number of carbonyl (C=O) groups excluding carboxylic acids is 13. The molecule has 722 valence electrons. The first kappa shape index (κ1) is 105. The molecule has 19 atom stereocenters. The zero-order valence-electron chi connectivity index (χ0n) is 76.1. The van der Waals surface area contributed by atoms with Crippen molar-refractivity contribution in [2.24, 2.45) is 69.6 Å². The molecule has 5 aliphatic rings. The summed E-state index contributed by atoms with van der Waals surface area (Å²) in [5, 5.41) is 86.9. The second kappa shape index (κ2) is 49.9. The largest absolute Gasteiger partial charge is 0.480 e. The highest BCUT2D eigenvalue weighted by molar-refractivity contribution is 7.98. The molecule has 3 aromatic rings. The van der Waals surface area contributed by atoms with E-state index in [4.69, 9.17) is 11.5 Å². The van der Waals surface area contributed by atoms with E-state index in [1.54, 1.807) is 62.1 Å². The quantitative estimate of drug-likeness (QED) is 0.0283. The van der Waals surface area contributed by atoms with Crippen LogP contribution in [0, 0.1) is 58.2 Å². The van der Waals surface area contributed by atoms with Crippen LogP contribution in [-0.2, 0) is 89.6 Å². The van der Waals surface area contributed by atoms with Gasteiger partial charge in [0.05, 0.1) is 70.3 Å². The summed E-state index contributed by atoms with van der Waals surface area (Å²) in [5.74, 6) is -13.8. The Labute approximate surface area is 761 Å². The third kappa shape index (κ3) is 30.7. The Kier molecular flexibility index (Phi) is 40.3. The number of carboxylic acids is 3. The number of primary amides is 2. The number of para-hydroxylation sites is 1. The van der Waals surface area contributed by atoms with Crippen LogP contribution in [0.15, 0.2) is 43.0 Å². The van der Waals surface area contributed by atoms with Gasteiger partial charge in [0.15, 0.2) is 0 Å². The van der Waals surface area contributed by atoms with Crippen LogP contribution in [0.4, 0.5) is 0 Å². The van der Waals surface area contributed by atoms with Gasteiger partial charge in [0, 0.05) is 113 Å². The van der Waals surface area contributed by atoms with Gasteiger partial charge in [0.25, 0.3) is 0 Å². The van der Waals surface area contributed by atoms with Crippen molar-refractivity contribution in [1.82, 2.24) is 93.5 Å². The number of aliphatic hydroxyl groups is 2. The molecule has 130 heavy (non-hydrogen) atoms. The van der Waals surface area contributed by atoms with Crippen LogP contribution >= 0.6 is 11.8 Å². The SMILES string of the molecule is CSCC[C@H](NC(=O)[C@H](CC(C)C)NC(=O)[C@H](Cc1cnc[nH]1)NC(=O)[C@H](CC(N)=O)NC(=O)CNC(=O)[C@@H](NC(=O)[C@H](C)NC(=O)[C@H](Cc1c[nH]c2ccccc12)NC(=O)[C@H](CCC(N)=O)NCC(=O)CC[C@@H](C)C1CCC2C3C(C[C@H](O)[C@@]21C)[C@@]1(C)CC[C@H](NC(=O)CNC(=O)CN2CCNCCN(CC(=O)O)CCN(CC(=O)O)CC2)CC1C[C@H]3O)C(C)C)C(=O)O. The fraction of sp³-hybridized carbons (Fsp3) is 0.693. The van der Waals surface area contributed by atoms with Gasteiger partial charge in [-0.15, -0.1) is 0 Å². The number of Topliss-reactive ketones (excluding diaryl/α,β-unsaturated/α-hetero) is 1. The summed E-state index contributed by atoms with van der Waals surface area (Å²) in [6, 6.07) is -4.19. The maximum Gasteiger partial charge on any atom is 0.326 e. The molecule has 5 unspecified atom stereocenters. The van der Waals surface area contributed by atoms with Crippen LogP contribution in [0.1, 0.15) is 157 Å². The van der Waals surface area contributed by atoms with Crippen LogP contribution in [0.25, 0.3) is 10.9 Å². The molecule has 0 bridgehead atoms. The van der Waals surface area contributed by atoms with Crippen LogP contribution in [0.5, 0.6) is 0 Å². The Bertz CT molecular complexity index is 4410. The molecule has 1 aliphatic heterocycles. The van der Waals surface area contributed by atoms with E-state index in [0.717, 1.165) is 19.3 Å². The lowest BCUT2D eigenvalue weighted by molar-refractivity contribution is -0.202. The summed E-state index contributed by atoms with van der Waals surface area (Å²) in [6.07, 6.45) is 8.32. The van der Waals surface area contributed by atoms with E-state index in [1.807, 2.05) is 17.0 Å². The number of benzene rings is 1. The first-order valence-corrected chi connectivity index (χ1v) is 46.6. The highest BCUT2D eigenvalue weighted by Gasteiger charge is 2.66. The number of nitrogens with two attached hydrogens (primary N) is 2. The molecule has 42 heteroatoms. The Morgan fingerprint density at radius 2 is 1.19 bits per heavy atom. The van der Waals surface area contributed by atoms with E-state index >= 15 is 0 Å². The van der Waals surface area contributed by atoms with E-state index in [9.17, 15) is 102 Å². The van der Waals surface area contributed by atoms with Crippen molar-refractivity contribution in [3.63, 3.8) is 0 Å². The van der Waals surface area contributed by atoms with Gasteiger partial charge >= 0.3 is 17.9 Å². The third-order valence-electron chi connectivity index (χ3n) is 26.9. The average molecular weight is 1840 g/mol. The molecule has 1 aromatic carbocycles. The number of fused-ring (bicyclic) bond motifs is 6. The average Bonchev–Trinajstić information content (AvgIpc) is 1.39. The number of thioether (sulfide) groups is 1. The van der Waals surface area contributed by atoms with E-state index in [2.05, 4.69) is 99.5 Å². The number of aromatic amines is 2. The standard InChI is InChI=1S/C88H138N20O21S/c1-48(2)32-64(82(124)101-63(86(128)129)21-31-130-9)102-83(125)66(36-55-40-92-47-97-55)104-84(126)67(38-71(90)113)100-73(115)43-96-85(127)78(49(3)4)105-79(121)51(6)98-81(123)65(33-52-39-93-61-13-11-10-12-57(52)61)103-80(122)62(18-19-70(89)112)94-41-56(109)15-14-50(5)58-16-17-59-77-60(37-69(111)88(58,59)8)87(7)22-20-54(34-53(87)35-68(77)110)99-72(114)42-95-74(116)44-106-25-23-91-24-26-107(45-75(117)118)28-30-108(29-27-106)46-76(119)120/h10-13,39-40,47-51,53-54,58-60,62-69,77-78,91,93-94,110-111H,14-38,41-46H2,1-9H3,(H2,89,112)(H2,90,113)(H,92,97)(H,95,116)(H,96,127)(H,98,123)(H,99,114)(H,100,115)(H,101,124)(H,102,125)(H,103,122)(H,104,126)(H,105,121)(H,117,118)(H,119,120)(H,128,129)/t50-,51+,53?,54+,58?,59?,60?,62+,63+,64+,65+,66+,67+,68-,69+,77?,78+,87+,88-/m1/s1. The van der Waals surface area contributed by atoms with Crippen LogP contribution in [0.2, 0.25) is 0 Å². The maximum atomic E-state index is 14.6. The number of rotatable bonds is 48. The van der Waals surface area contributed by atoms with E-state index in [1.165, 1.54) is 31.2 Å². The van der Waals surface area contributed by atoms with Crippen molar-refractivity contribution < 1.29 is 102 Å². The highest BCUT2D eigenvalue weighted by atomic mass is 32.2. The molecule has 3 heterocycles. The molecule has 5 fully saturated rings. The number of hydrogen-bond acceptors (Lipinski definition) is 25. The number of amides is 12. The molecule has 4 saturated carbocycles. The molecule has 0 radical (unpaired) electrons. The van der Waals surface area contributed by atoms with Gasteiger partial charge in [-0.3, -0.25) is 91.9 Å². The van der Waals surface area contributed by atoms with E-state index in [-0.39, 0.29) is 148 Å². The summed E-state index contributed by atoms with van der Waals surface area (Å²) in [6.45, 7) is 15.9.